The Labute approximate surface area is 172 Å². The molecule has 0 fully saturated rings. The van der Waals surface area contributed by atoms with Gasteiger partial charge in [0.2, 0.25) is 9.84 Å². The van der Waals surface area contributed by atoms with Gasteiger partial charge in [0.25, 0.3) is 5.91 Å². The number of nitrogens with zero attached hydrogens (tertiary/aromatic N) is 1. The molecule has 1 amide bonds. The molecule has 3 rings (SSSR count). The van der Waals surface area contributed by atoms with Crippen molar-refractivity contribution in [3.05, 3.63) is 59.5 Å². The number of hydrogen-bond acceptors (Lipinski definition) is 6. The molecule has 1 N–H and O–H groups in total. The maximum absolute atomic E-state index is 12.6. The molecule has 0 radical (unpaired) electrons. The number of ether oxygens (including phenoxy) is 1. The van der Waals surface area contributed by atoms with Crippen LogP contribution in [0.3, 0.4) is 0 Å². The summed E-state index contributed by atoms with van der Waals surface area (Å²) >= 11 is 1.03. The fourth-order valence-corrected chi connectivity index (χ4v) is 3.83. The second kappa shape index (κ2) is 8.79. The van der Waals surface area contributed by atoms with Gasteiger partial charge in [0, 0.05) is 16.5 Å². The van der Waals surface area contributed by atoms with Crippen molar-refractivity contribution in [1.82, 2.24) is 4.98 Å². The lowest BCUT2D eigenvalue weighted by molar-refractivity contribution is -0.0494. The Kier molecular flexibility index (Phi) is 6.37. The third-order valence-electron chi connectivity index (χ3n) is 3.78. The summed E-state index contributed by atoms with van der Waals surface area (Å²) in [7, 11) is -4.76. The fourth-order valence-electron chi connectivity index (χ4n) is 2.40. The van der Waals surface area contributed by atoms with Crippen LogP contribution in [0.4, 0.5) is 22.7 Å². The molecule has 0 bridgehead atoms. The molecule has 0 saturated carbocycles. The Morgan fingerprint density at radius 3 is 2.33 bits per heavy atom. The Balaban J connectivity index is 1.76. The van der Waals surface area contributed by atoms with Crippen LogP contribution in [0.5, 0.6) is 5.75 Å². The molecule has 2 aromatic carbocycles. The molecule has 0 aliphatic rings. The van der Waals surface area contributed by atoms with Crippen LogP contribution in [0.15, 0.2) is 58.8 Å². The van der Waals surface area contributed by atoms with E-state index in [4.69, 9.17) is 0 Å². The smallest absolute Gasteiger partial charge is 0.387 e. The minimum Gasteiger partial charge on any atom is -0.434 e. The number of thiazole rings is 1. The lowest BCUT2D eigenvalue weighted by atomic mass is 10.1. The van der Waals surface area contributed by atoms with Gasteiger partial charge in [0.05, 0.1) is 10.6 Å². The number of carbonyl (C=O) groups is 1. The number of rotatable bonds is 7. The average molecular weight is 460 g/mol. The maximum atomic E-state index is 12.6. The van der Waals surface area contributed by atoms with Gasteiger partial charge in [0.15, 0.2) is 5.13 Å². The first-order valence-corrected chi connectivity index (χ1v) is 10.5. The number of para-hydroxylation sites is 1. The number of hydrogen-bond donors (Lipinski definition) is 1. The van der Waals surface area contributed by atoms with E-state index in [9.17, 15) is 30.8 Å². The molecular weight excluding hydrogens is 448 g/mol. The van der Waals surface area contributed by atoms with Crippen LogP contribution in [0.2, 0.25) is 0 Å². The molecule has 0 saturated heterocycles. The fraction of sp³-hybridized carbons (Fsp3) is 0.111. The predicted octanol–water partition coefficient (Wildman–Crippen LogP) is 4.66. The maximum Gasteiger partial charge on any atom is 0.387 e. The number of carbonyl (C=O) groups excluding carboxylic acids is 1. The quantitative estimate of drug-likeness (QED) is 0.519. The largest absolute Gasteiger partial charge is 0.434 e. The van der Waals surface area contributed by atoms with Gasteiger partial charge in [-0.05, 0) is 36.4 Å². The molecule has 0 spiro atoms. The molecule has 158 valence electrons. The van der Waals surface area contributed by atoms with E-state index in [1.807, 2.05) is 0 Å². The van der Waals surface area contributed by atoms with Crippen LogP contribution in [0, 0.1) is 0 Å². The number of nitrogens with one attached hydrogen (secondary N) is 1. The highest BCUT2D eigenvalue weighted by atomic mass is 32.2. The Bertz CT molecular complexity index is 1150. The molecule has 0 unspecified atom stereocenters. The van der Waals surface area contributed by atoms with Crippen molar-refractivity contribution < 1.29 is 35.5 Å². The molecule has 30 heavy (non-hydrogen) atoms. The lowest BCUT2D eigenvalue weighted by Crippen LogP contribution is -2.14. The number of amides is 1. The Morgan fingerprint density at radius 1 is 1.03 bits per heavy atom. The Morgan fingerprint density at radius 2 is 1.70 bits per heavy atom. The normalized spacial score (nSPS) is 11.7. The van der Waals surface area contributed by atoms with Crippen molar-refractivity contribution in [2.24, 2.45) is 0 Å². The summed E-state index contributed by atoms with van der Waals surface area (Å²) in [4.78, 5) is 15.9. The molecule has 12 heteroatoms. The molecule has 0 atom stereocenters. The second-order valence-corrected chi connectivity index (χ2v) is 8.47. The van der Waals surface area contributed by atoms with E-state index in [0.29, 0.717) is 11.3 Å². The molecule has 1 heterocycles. The SMILES string of the molecule is O=C(Nc1nc(-c2ccccc2OC(F)F)cs1)c1ccc(S(=O)(=O)C(F)F)cc1. The van der Waals surface area contributed by atoms with Gasteiger partial charge in [0.1, 0.15) is 5.75 Å². The highest BCUT2D eigenvalue weighted by molar-refractivity contribution is 7.91. The lowest BCUT2D eigenvalue weighted by Gasteiger charge is -2.08. The van der Waals surface area contributed by atoms with Gasteiger partial charge in [-0.3, -0.25) is 10.1 Å². The zero-order chi connectivity index (χ0) is 21.9. The van der Waals surface area contributed by atoms with Gasteiger partial charge in [-0.25, -0.2) is 13.4 Å². The zero-order valence-electron chi connectivity index (χ0n) is 14.8. The number of anilines is 1. The van der Waals surface area contributed by atoms with Gasteiger partial charge >= 0.3 is 12.4 Å². The van der Waals surface area contributed by atoms with Crippen molar-refractivity contribution in [3.63, 3.8) is 0 Å². The first kappa shape index (κ1) is 21.7. The summed E-state index contributed by atoms with van der Waals surface area (Å²) in [6.07, 6.45) is 0. The highest BCUT2D eigenvalue weighted by Crippen LogP contribution is 2.33. The van der Waals surface area contributed by atoms with Crippen LogP contribution in [-0.2, 0) is 9.84 Å². The number of sulfone groups is 1. The molecule has 1 aromatic heterocycles. The Hall–Kier alpha value is -2.99. The van der Waals surface area contributed by atoms with E-state index in [1.54, 1.807) is 6.07 Å². The number of benzene rings is 2. The third kappa shape index (κ3) is 4.76. The number of alkyl halides is 4. The first-order chi connectivity index (χ1) is 14.2. The molecule has 0 aliphatic carbocycles. The average Bonchev–Trinajstić information content (AvgIpc) is 3.16. The zero-order valence-corrected chi connectivity index (χ0v) is 16.4. The van der Waals surface area contributed by atoms with E-state index in [2.05, 4.69) is 15.0 Å². The summed E-state index contributed by atoms with van der Waals surface area (Å²) in [5.41, 5.74) is 0.613. The highest BCUT2D eigenvalue weighted by Gasteiger charge is 2.26. The van der Waals surface area contributed by atoms with Crippen molar-refractivity contribution in [2.45, 2.75) is 17.3 Å². The van der Waals surface area contributed by atoms with Crippen molar-refractivity contribution in [1.29, 1.82) is 0 Å². The third-order valence-corrected chi connectivity index (χ3v) is 5.94. The van der Waals surface area contributed by atoms with E-state index >= 15 is 0 Å². The summed E-state index contributed by atoms with van der Waals surface area (Å²) in [6.45, 7) is -3.01. The van der Waals surface area contributed by atoms with E-state index in [-0.39, 0.29) is 16.4 Å². The van der Waals surface area contributed by atoms with Crippen LogP contribution < -0.4 is 10.1 Å². The van der Waals surface area contributed by atoms with Crippen molar-refractivity contribution in [2.75, 3.05) is 5.32 Å². The summed E-state index contributed by atoms with van der Waals surface area (Å²) in [5.74, 6) is -4.30. The van der Waals surface area contributed by atoms with E-state index < -0.39 is 33.0 Å². The number of aromatic nitrogens is 1. The topological polar surface area (TPSA) is 85.4 Å². The first-order valence-electron chi connectivity index (χ1n) is 8.11. The monoisotopic (exact) mass is 460 g/mol. The van der Waals surface area contributed by atoms with Crippen LogP contribution >= 0.6 is 11.3 Å². The molecule has 6 nitrogen and oxygen atoms in total. The second-order valence-electron chi connectivity index (χ2n) is 5.70. The van der Waals surface area contributed by atoms with Gasteiger partial charge in [-0.1, -0.05) is 12.1 Å². The predicted molar refractivity (Wildman–Crippen MR) is 102 cm³/mol. The molecular formula is C18H12F4N2O4S2. The van der Waals surface area contributed by atoms with Gasteiger partial charge in [-0.15, -0.1) is 11.3 Å². The van der Waals surface area contributed by atoms with Crippen molar-refractivity contribution in [3.8, 4) is 17.0 Å². The standard InChI is InChI=1S/C18H12F4N2O4S2/c19-16(20)28-14-4-2-1-3-12(14)13-9-29-18(23-13)24-15(25)10-5-7-11(8-6-10)30(26,27)17(21)22/h1-9,16-17H,(H,23,24,25). The van der Waals surface area contributed by atoms with Crippen LogP contribution in [-0.4, -0.2) is 31.7 Å². The van der Waals surface area contributed by atoms with Gasteiger partial charge in [-0.2, -0.15) is 17.6 Å². The van der Waals surface area contributed by atoms with Crippen LogP contribution in [0.1, 0.15) is 10.4 Å². The minimum atomic E-state index is -4.76. The van der Waals surface area contributed by atoms with E-state index in [1.165, 1.54) is 23.6 Å². The number of halogens is 4. The summed E-state index contributed by atoms with van der Waals surface area (Å²) in [5, 5.41) is 4.15. The van der Waals surface area contributed by atoms with Crippen LogP contribution in [0.25, 0.3) is 11.3 Å². The summed E-state index contributed by atoms with van der Waals surface area (Å²) < 4.78 is 77.5. The van der Waals surface area contributed by atoms with E-state index in [0.717, 1.165) is 35.6 Å². The minimum absolute atomic E-state index is 0.0152. The molecule has 0 aliphatic heterocycles. The van der Waals surface area contributed by atoms with Crippen molar-refractivity contribution >= 4 is 32.2 Å². The van der Waals surface area contributed by atoms with Gasteiger partial charge < -0.3 is 4.74 Å². The molecule has 3 aromatic rings. The summed E-state index contributed by atoms with van der Waals surface area (Å²) in [6, 6.07) is 10.0.